The Morgan fingerprint density at radius 2 is 1.61 bits per heavy atom. The molecule has 1 aliphatic rings. The standard InChI is InChI=1S/C26H24FN3O5S/c1-28-25(32)22(15-18-9-3-2-4-10-18)29(16-19-11-5-7-13-21(19)27)24(31)17-30-26(33)20-12-6-8-14-23(20)36(30,34)35/h2-14,22H,15-17H2,1H3,(H,28,32)/t22-/m0/s1. The molecule has 0 saturated carbocycles. The van der Waals surface area contributed by atoms with Crippen LogP contribution in [-0.4, -0.2) is 55.0 Å². The van der Waals surface area contributed by atoms with Crippen LogP contribution in [0, 0.1) is 5.82 Å². The van der Waals surface area contributed by atoms with Crippen molar-refractivity contribution >= 4 is 27.7 Å². The molecule has 0 aromatic heterocycles. The maximum absolute atomic E-state index is 14.6. The molecule has 0 aliphatic carbocycles. The summed E-state index contributed by atoms with van der Waals surface area (Å²) < 4.78 is 41.1. The number of fused-ring (bicyclic) bond motifs is 1. The fraction of sp³-hybridized carbons (Fsp3) is 0.192. The lowest BCUT2D eigenvalue weighted by Gasteiger charge is -2.32. The van der Waals surface area contributed by atoms with Gasteiger partial charge < -0.3 is 10.2 Å². The first-order valence-electron chi connectivity index (χ1n) is 11.2. The Bertz CT molecular complexity index is 1410. The first kappa shape index (κ1) is 25.1. The van der Waals surface area contributed by atoms with E-state index in [9.17, 15) is 27.2 Å². The van der Waals surface area contributed by atoms with Crippen molar-refractivity contribution in [1.82, 2.24) is 14.5 Å². The molecule has 0 bridgehead atoms. The molecular weight excluding hydrogens is 485 g/mol. The van der Waals surface area contributed by atoms with Gasteiger partial charge in [-0.2, -0.15) is 0 Å². The van der Waals surface area contributed by atoms with Gasteiger partial charge in [-0.1, -0.05) is 60.7 Å². The predicted molar refractivity (Wildman–Crippen MR) is 130 cm³/mol. The van der Waals surface area contributed by atoms with Gasteiger partial charge in [-0.25, -0.2) is 17.1 Å². The Kier molecular flexibility index (Phi) is 7.16. The highest BCUT2D eigenvalue weighted by Gasteiger charge is 2.43. The molecule has 1 heterocycles. The highest BCUT2D eigenvalue weighted by atomic mass is 32.2. The van der Waals surface area contributed by atoms with Gasteiger partial charge in [0.25, 0.3) is 15.9 Å². The van der Waals surface area contributed by atoms with Crippen LogP contribution < -0.4 is 5.32 Å². The Morgan fingerprint density at radius 3 is 2.28 bits per heavy atom. The Balaban J connectivity index is 1.71. The molecule has 1 aliphatic heterocycles. The van der Waals surface area contributed by atoms with Crippen LogP contribution >= 0.6 is 0 Å². The van der Waals surface area contributed by atoms with Gasteiger partial charge in [-0.3, -0.25) is 14.4 Å². The average Bonchev–Trinajstić information content (AvgIpc) is 3.08. The van der Waals surface area contributed by atoms with Gasteiger partial charge in [-0.05, 0) is 23.8 Å². The van der Waals surface area contributed by atoms with Crippen LogP contribution in [-0.2, 0) is 32.6 Å². The second kappa shape index (κ2) is 10.3. The number of hydrogen-bond donors (Lipinski definition) is 1. The topological polar surface area (TPSA) is 104 Å². The number of rotatable bonds is 8. The number of amides is 3. The summed E-state index contributed by atoms with van der Waals surface area (Å²) in [6, 6.07) is 19.3. The van der Waals surface area contributed by atoms with Gasteiger partial charge in [0.05, 0.1) is 5.56 Å². The quantitative estimate of drug-likeness (QED) is 0.502. The Hall–Kier alpha value is -4.05. The van der Waals surface area contributed by atoms with Crippen molar-refractivity contribution in [3.8, 4) is 0 Å². The summed E-state index contributed by atoms with van der Waals surface area (Å²) >= 11 is 0. The van der Waals surface area contributed by atoms with Crippen molar-refractivity contribution in [2.75, 3.05) is 13.6 Å². The minimum absolute atomic E-state index is 0.0295. The Morgan fingerprint density at radius 1 is 0.972 bits per heavy atom. The third-order valence-electron chi connectivity index (χ3n) is 6.01. The number of sulfonamides is 1. The summed E-state index contributed by atoms with van der Waals surface area (Å²) in [5, 5.41) is 2.53. The maximum Gasteiger partial charge on any atom is 0.269 e. The number of carbonyl (C=O) groups is 3. The number of likely N-dealkylation sites (N-methyl/N-ethyl adjacent to an activating group) is 1. The smallest absolute Gasteiger partial charge is 0.269 e. The maximum atomic E-state index is 14.6. The second-order valence-electron chi connectivity index (χ2n) is 8.25. The molecule has 4 rings (SSSR count). The minimum atomic E-state index is -4.25. The zero-order chi connectivity index (χ0) is 25.9. The first-order valence-corrected chi connectivity index (χ1v) is 12.6. The molecule has 0 radical (unpaired) electrons. The number of halogens is 1. The fourth-order valence-electron chi connectivity index (χ4n) is 4.13. The number of benzene rings is 3. The third kappa shape index (κ3) is 4.85. The van der Waals surface area contributed by atoms with E-state index in [-0.39, 0.29) is 29.0 Å². The molecule has 8 nitrogen and oxygen atoms in total. The van der Waals surface area contributed by atoms with Crippen LogP contribution in [0.2, 0.25) is 0 Å². The number of nitrogens with zero attached hydrogens (tertiary/aromatic N) is 2. The zero-order valence-electron chi connectivity index (χ0n) is 19.4. The van der Waals surface area contributed by atoms with E-state index in [2.05, 4.69) is 5.32 Å². The van der Waals surface area contributed by atoms with Crippen molar-refractivity contribution in [1.29, 1.82) is 0 Å². The van der Waals surface area contributed by atoms with E-state index in [1.54, 1.807) is 30.3 Å². The normalized spacial score (nSPS) is 14.7. The molecule has 1 atom stereocenters. The van der Waals surface area contributed by atoms with Crippen molar-refractivity contribution in [3.05, 3.63) is 101 Å². The molecule has 0 unspecified atom stereocenters. The summed E-state index contributed by atoms with van der Waals surface area (Å²) in [5.74, 6) is -2.73. The first-order chi connectivity index (χ1) is 17.2. The average molecular weight is 510 g/mol. The molecule has 0 saturated heterocycles. The van der Waals surface area contributed by atoms with Gasteiger partial charge in [-0.15, -0.1) is 0 Å². The zero-order valence-corrected chi connectivity index (χ0v) is 20.2. The van der Waals surface area contributed by atoms with E-state index >= 15 is 0 Å². The summed E-state index contributed by atoms with van der Waals surface area (Å²) in [6.45, 7) is -1.13. The predicted octanol–water partition coefficient (Wildman–Crippen LogP) is 2.36. The minimum Gasteiger partial charge on any atom is -0.357 e. The highest BCUT2D eigenvalue weighted by molar-refractivity contribution is 7.90. The number of carbonyl (C=O) groups excluding carboxylic acids is 3. The molecular formula is C26H24FN3O5S. The van der Waals surface area contributed by atoms with E-state index in [0.717, 1.165) is 10.5 Å². The molecule has 3 aromatic rings. The van der Waals surface area contributed by atoms with Gasteiger partial charge in [0, 0.05) is 25.6 Å². The Labute approximate surface area is 208 Å². The molecule has 0 spiro atoms. The van der Waals surface area contributed by atoms with Gasteiger partial charge in [0.2, 0.25) is 11.8 Å². The lowest BCUT2D eigenvalue weighted by molar-refractivity contribution is -0.141. The van der Waals surface area contributed by atoms with Crippen molar-refractivity contribution in [2.24, 2.45) is 0 Å². The van der Waals surface area contributed by atoms with Crippen LogP contribution in [0.5, 0.6) is 0 Å². The molecule has 36 heavy (non-hydrogen) atoms. The van der Waals surface area contributed by atoms with Crippen LogP contribution in [0.3, 0.4) is 0 Å². The second-order valence-corrected chi connectivity index (χ2v) is 10.1. The molecule has 10 heteroatoms. The van der Waals surface area contributed by atoms with Gasteiger partial charge in [0.1, 0.15) is 23.3 Å². The van der Waals surface area contributed by atoms with Gasteiger partial charge >= 0.3 is 0 Å². The summed E-state index contributed by atoms with van der Waals surface area (Å²) in [4.78, 5) is 40.4. The van der Waals surface area contributed by atoms with Crippen LogP contribution in [0.25, 0.3) is 0 Å². The van der Waals surface area contributed by atoms with E-state index in [0.29, 0.717) is 4.31 Å². The molecule has 3 amide bonds. The molecule has 0 fully saturated rings. The van der Waals surface area contributed by atoms with Crippen LogP contribution in [0.1, 0.15) is 21.5 Å². The van der Waals surface area contributed by atoms with Crippen molar-refractivity contribution < 1.29 is 27.2 Å². The molecule has 3 aromatic carbocycles. The van der Waals surface area contributed by atoms with Crippen molar-refractivity contribution in [3.63, 3.8) is 0 Å². The summed E-state index contributed by atoms with van der Waals surface area (Å²) in [5.41, 5.74) is 0.861. The third-order valence-corrected chi connectivity index (χ3v) is 7.79. The summed E-state index contributed by atoms with van der Waals surface area (Å²) in [7, 11) is -2.84. The SMILES string of the molecule is CNC(=O)[C@H](Cc1ccccc1)N(Cc1ccccc1F)C(=O)CN1C(=O)c2ccccc2S1(=O)=O. The monoisotopic (exact) mass is 509 g/mol. The van der Waals surface area contributed by atoms with E-state index in [4.69, 9.17) is 0 Å². The fourth-order valence-corrected chi connectivity index (χ4v) is 5.65. The van der Waals surface area contributed by atoms with Crippen molar-refractivity contribution in [2.45, 2.75) is 23.9 Å². The lowest BCUT2D eigenvalue weighted by atomic mass is 10.0. The highest BCUT2D eigenvalue weighted by Crippen LogP contribution is 2.30. The van der Waals surface area contributed by atoms with Crippen LogP contribution in [0.15, 0.2) is 83.8 Å². The molecule has 1 N–H and O–H groups in total. The number of hydrogen-bond acceptors (Lipinski definition) is 5. The van der Waals surface area contributed by atoms with E-state index in [1.807, 2.05) is 6.07 Å². The summed E-state index contributed by atoms with van der Waals surface area (Å²) in [6.07, 6.45) is 0.0988. The lowest BCUT2D eigenvalue weighted by Crippen LogP contribution is -2.52. The van der Waals surface area contributed by atoms with E-state index < -0.39 is 46.1 Å². The molecule has 186 valence electrons. The van der Waals surface area contributed by atoms with Gasteiger partial charge in [0.15, 0.2) is 0 Å². The van der Waals surface area contributed by atoms with Crippen LogP contribution in [0.4, 0.5) is 4.39 Å². The number of nitrogens with one attached hydrogen (secondary N) is 1. The van der Waals surface area contributed by atoms with E-state index in [1.165, 1.54) is 49.5 Å². The largest absolute Gasteiger partial charge is 0.357 e.